The van der Waals surface area contributed by atoms with Crippen LogP contribution in [0.15, 0.2) is 60.7 Å². The second kappa shape index (κ2) is 6.37. The molecule has 0 aliphatic heterocycles. The second-order valence-corrected chi connectivity index (χ2v) is 4.87. The number of hydrogen-bond acceptors (Lipinski definition) is 3. The van der Waals surface area contributed by atoms with Crippen LogP contribution in [0.4, 0.5) is 0 Å². The van der Waals surface area contributed by atoms with Crippen molar-refractivity contribution < 1.29 is 9.84 Å². The molecule has 0 unspecified atom stereocenters. The molecule has 1 N–H and O–H groups in total. The lowest BCUT2D eigenvalue weighted by Crippen LogP contribution is -2.01. The van der Waals surface area contributed by atoms with E-state index in [2.05, 4.69) is 11.1 Å². The van der Waals surface area contributed by atoms with E-state index >= 15 is 0 Å². The number of rotatable bonds is 5. The predicted molar refractivity (Wildman–Crippen MR) is 83.3 cm³/mol. The predicted octanol–water partition coefficient (Wildman–Crippen LogP) is 3.35. The van der Waals surface area contributed by atoms with Gasteiger partial charge in [0.05, 0.1) is 11.2 Å². The number of fused-ring (bicyclic) bond motifs is 1. The monoisotopic (exact) mass is 279 g/mol. The van der Waals surface area contributed by atoms with Crippen LogP contribution in [-0.4, -0.2) is 16.7 Å². The molecule has 21 heavy (non-hydrogen) atoms. The SMILES string of the molecule is OCCc1ccccc1OCc1ccc2ccccc2n1. The number of pyridine rings is 1. The van der Waals surface area contributed by atoms with Crippen LogP contribution in [-0.2, 0) is 13.0 Å². The van der Waals surface area contributed by atoms with Gasteiger partial charge in [0.2, 0.25) is 0 Å². The van der Waals surface area contributed by atoms with Crippen LogP contribution in [0.1, 0.15) is 11.3 Å². The Morgan fingerprint density at radius 1 is 0.905 bits per heavy atom. The first-order valence-electron chi connectivity index (χ1n) is 7.03. The third-order valence-electron chi connectivity index (χ3n) is 3.39. The fourth-order valence-electron chi connectivity index (χ4n) is 2.31. The normalized spacial score (nSPS) is 10.7. The third-order valence-corrected chi connectivity index (χ3v) is 3.39. The van der Waals surface area contributed by atoms with Crippen molar-refractivity contribution in [3.63, 3.8) is 0 Å². The Kier molecular flexibility index (Phi) is 4.12. The Balaban J connectivity index is 1.77. The molecule has 3 aromatic rings. The van der Waals surface area contributed by atoms with Gasteiger partial charge in [0, 0.05) is 12.0 Å². The average Bonchev–Trinajstić information content (AvgIpc) is 2.54. The van der Waals surface area contributed by atoms with Gasteiger partial charge in [0.1, 0.15) is 12.4 Å². The molecule has 106 valence electrons. The first-order valence-corrected chi connectivity index (χ1v) is 7.03. The van der Waals surface area contributed by atoms with Gasteiger partial charge in [-0.25, -0.2) is 4.98 Å². The fraction of sp³-hybridized carbons (Fsp3) is 0.167. The minimum absolute atomic E-state index is 0.120. The van der Waals surface area contributed by atoms with Gasteiger partial charge in [-0.15, -0.1) is 0 Å². The number of aromatic nitrogens is 1. The summed E-state index contributed by atoms with van der Waals surface area (Å²) in [5.41, 5.74) is 2.88. The lowest BCUT2D eigenvalue weighted by Gasteiger charge is -2.10. The van der Waals surface area contributed by atoms with E-state index in [9.17, 15) is 0 Å². The number of nitrogens with zero attached hydrogens (tertiary/aromatic N) is 1. The summed E-state index contributed by atoms with van der Waals surface area (Å²) in [5.74, 6) is 0.807. The highest BCUT2D eigenvalue weighted by atomic mass is 16.5. The molecule has 0 aliphatic carbocycles. The minimum Gasteiger partial charge on any atom is -0.487 e. The maximum absolute atomic E-state index is 9.08. The number of aliphatic hydroxyl groups excluding tert-OH is 1. The second-order valence-electron chi connectivity index (χ2n) is 4.87. The molecular formula is C18H17NO2. The molecule has 1 aromatic heterocycles. The number of hydrogen-bond donors (Lipinski definition) is 1. The lowest BCUT2D eigenvalue weighted by molar-refractivity contribution is 0.282. The average molecular weight is 279 g/mol. The molecule has 0 aliphatic rings. The van der Waals surface area contributed by atoms with Gasteiger partial charge in [0.25, 0.3) is 0 Å². The molecule has 0 atom stereocenters. The molecule has 0 saturated heterocycles. The maximum atomic E-state index is 9.08. The van der Waals surface area contributed by atoms with E-state index < -0.39 is 0 Å². The van der Waals surface area contributed by atoms with E-state index in [-0.39, 0.29) is 6.61 Å². The Bertz CT molecular complexity index is 740. The molecule has 2 aromatic carbocycles. The molecular weight excluding hydrogens is 262 g/mol. The van der Waals surface area contributed by atoms with Gasteiger partial charge >= 0.3 is 0 Å². The van der Waals surface area contributed by atoms with Crippen molar-refractivity contribution >= 4 is 10.9 Å². The molecule has 0 fully saturated rings. The Morgan fingerprint density at radius 2 is 1.71 bits per heavy atom. The number of benzene rings is 2. The van der Waals surface area contributed by atoms with E-state index in [0.29, 0.717) is 13.0 Å². The molecule has 1 heterocycles. The first-order chi connectivity index (χ1) is 10.4. The van der Waals surface area contributed by atoms with Crippen LogP contribution in [0.2, 0.25) is 0 Å². The minimum atomic E-state index is 0.120. The van der Waals surface area contributed by atoms with Crippen molar-refractivity contribution in [3.05, 3.63) is 71.9 Å². The molecule has 0 bridgehead atoms. The van der Waals surface area contributed by atoms with E-state index in [0.717, 1.165) is 27.9 Å². The number of aliphatic hydroxyl groups is 1. The smallest absolute Gasteiger partial charge is 0.130 e. The van der Waals surface area contributed by atoms with Crippen molar-refractivity contribution in [1.82, 2.24) is 4.98 Å². The fourth-order valence-corrected chi connectivity index (χ4v) is 2.31. The van der Waals surface area contributed by atoms with Crippen LogP contribution >= 0.6 is 0 Å². The molecule has 0 amide bonds. The van der Waals surface area contributed by atoms with E-state index in [1.165, 1.54) is 0 Å². The standard InChI is InChI=1S/C18H17NO2/c20-12-11-15-6-2-4-8-18(15)21-13-16-10-9-14-5-1-3-7-17(14)19-16/h1-10,20H,11-13H2. The van der Waals surface area contributed by atoms with Crippen molar-refractivity contribution in [2.45, 2.75) is 13.0 Å². The summed E-state index contributed by atoms with van der Waals surface area (Å²) in [6.45, 7) is 0.544. The zero-order valence-electron chi connectivity index (χ0n) is 11.7. The van der Waals surface area contributed by atoms with Crippen LogP contribution in [0.25, 0.3) is 10.9 Å². The Morgan fingerprint density at radius 3 is 2.62 bits per heavy atom. The first kappa shape index (κ1) is 13.6. The maximum Gasteiger partial charge on any atom is 0.130 e. The van der Waals surface area contributed by atoms with Crippen LogP contribution in [0, 0.1) is 0 Å². The zero-order chi connectivity index (χ0) is 14.5. The molecule has 3 rings (SSSR count). The van der Waals surface area contributed by atoms with Gasteiger partial charge in [-0.05, 0) is 30.2 Å². The molecule has 3 heteroatoms. The summed E-state index contributed by atoms with van der Waals surface area (Å²) in [4.78, 5) is 4.59. The summed E-state index contributed by atoms with van der Waals surface area (Å²) < 4.78 is 5.85. The number of para-hydroxylation sites is 2. The molecule has 3 nitrogen and oxygen atoms in total. The van der Waals surface area contributed by atoms with Crippen molar-refractivity contribution in [2.24, 2.45) is 0 Å². The topological polar surface area (TPSA) is 42.4 Å². The summed E-state index contributed by atoms with van der Waals surface area (Å²) in [7, 11) is 0. The van der Waals surface area contributed by atoms with Gasteiger partial charge in [-0.3, -0.25) is 0 Å². The van der Waals surface area contributed by atoms with Crippen molar-refractivity contribution in [1.29, 1.82) is 0 Å². The Hall–Kier alpha value is -2.39. The Labute approximate surface area is 123 Å². The molecule has 0 radical (unpaired) electrons. The van der Waals surface area contributed by atoms with Gasteiger partial charge in [-0.1, -0.05) is 42.5 Å². The zero-order valence-corrected chi connectivity index (χ0v) is 11.7. The summed E-state index contributed by atoms with van der Waals surface area (Å²) in [6.07, 6.45) is 0.599. The largest absolute Gasteiger partial charge is 0.487 e. The number of ether oxygens (including phenoxy) is 1. The molecule has 0 saturated carbocycles. The summed E-state index contributed by atoms with van der Waals surface area (Å²) in [5, 5.41) is 10.2. The highest BCUT2D eigenvalue weighted by Crippen LogP contribution is 2.20. The van der Waals surface area contributed by atoms with E-state index in [1.807, 2.05) is 54.6 Å². The van der Waals surface area contributed by atoms with Gasteiger partial charge < -0.3 is 9.84 Å². The van der Waals surface area contributed by atoms with E-state index in [1.54, 1.807) is 0 Å². The molecule has 0 spiro atoms. The van der Waals surface area contributed by atoms with Gasteiger partial charge in [0.15, 0.2) is 0 Å². The lowest BCUT2D eigenvalue weighted by atomic mass is 10.1. The van der Waals surface area contributed by atoms with Crippen LogP contribution < -0.4 is 4.74 Å². The third kappa shape index (κ3) is 3.20. The van der Waals surface area contributed by atoms with Crippen LogP contribution in [0.3, 0.4) is 0 Å². The quantitative estimate of drug-likeness (QED) is 0.779. The highest BCUT2D eigenvalue weighted by molar-refractivity contribution is 5.78. The van der Waals surface area contributed by atoms with Crippen molar-refractivity contribution in [3.8, 4) is 5.75 Å². The summed E-state index contributed by atoms with van der Waals surface area (Å²) >= 11 is 0. The van der Waals surface area contributed by atoms with Gasteiger partial charge in [-0.2, -0.15) is 0 Å². The van der Waals surface area contributed by atoms with Crippen molar-refractivity contribution in [2.75, 3.05) is 6.61 Å². The van der Waals surface area contributed by atoms with E-state index in [4.69, 9.17) is 9.84 Å². The van der Waals surface area contributed by atoms with Crippen LogP contribution in [0.5, 0.6) is 5.75 Å². The highest BCUT2D eigenvalue weighted by Gasteiger charge is 2.04. The summed E-state index contributed by atoms with van der Waals surface area (Å²) in [6, 6.07) is 19.9.